The summed E-state index contributed by atoms with van der Waals surface area (Å²) in [4.78, 5) is 35.7. The fourth-order valence-electron chi connectivity index (χ4n) is 2.53. The first-order chi connectivity index (χ1) is 14.1. The highest BCUT2D eigenvalue weighted by Crippen LogP contribution is 2.11. The minimum absolute atomic E-state index is 0.0739. The molecule has 8 heteroatoms. The van der Waals surface area contributed by atoms with Crippen molar-refractivity contribution >= 4 is 23.6 Å². The van der Waals surface area contributed by atoms with Gasteiger partial charge in [-0.15, -0.1) is 0 Å². The number of carbonyl (C=O) groups excluding carboxylic acids is 3. The van der Waals surface area contributed by atoms with Crippen molar-refractivity contribution in [2.45, 2.75) is 39.3 Å². The van der Waals surface area contributed by atoms with Gasteiger partial charge in [0.15, 0.2) is 0 Å². The minimum atomic E-state index is -0.674. The zero-order valence-corrected chi connectivity index (χ0v) is 17.3. The van der Waals surface area contributed by atoms with Gasteiger partial charge in [0.05, 0.1) is 6.42 Å². The molecule has 0 fully saturated rings. The lowest BCUT2D eigenvalue weighted by molar-refractivity contribution is -0.120. The van der Waals surface area contributed by atoms with Crippen molar-refractivity contribution in [3.05, 3.63) is 65.5 Å². The first kappa shape index (κ1) is 22.9. The summed E-state index contributed by atoms with van der Waals surface area (Å²) in [5.74, 6) is -1.03. The number of nitrogens with one attached hydrogen (secondary N) is 3. The van der Waals surface area contributed by atoms with Crippen molar-refractivity contribution in [2.24, 2.45) is 0 Å². The van der Waals surface area contributed by atoms with E-state index in [-0.39, 0.29) is 31.2 Å². The van der Waals surface area contributed by atoms with Crippen LogP contribution in [0.25, 0.3) is 0 Å². The Labute approximate surface area is 175 Å². The van der Waals surface area contributed by atoms with Crippen LogP contribution in [0.15, 0.2) is 48.5 Å². The van der Waals surface area contributed by atoms with E-state index >= 15 is 0 Å². The molecule has 0 aliphatic rings. The number of anilines is 1. The quantitative estimate of drug-likeness (QED) is 0.647. The summed E-state index contributed by atoms with van der Waals surface area (Å²) >= 11 is 0. The molecule has 0 aliphatic heterocycles. The van der Waals surface area contributed by atoms with Gasteiger partial charge in [0, 0.05) is 12.2 Å². The van der Waals surface area contributed by atoms with Crippen LogP contribution in [0.1, 0.15) is 31.9 Å². The third-order valence-electron chi connectivity index (χ3n) is 3.75. The van der Waals surface area contributed by atoms with Crippen molar-refractivity contribution in [2.75, 3.05) is 11.9 Å². The highest BCUT2D eigenvalue weighted by atomic mass is 19.1. The molecule has 0 aliphatic carbocycles. The molecule has 2 aromatic rings. The zero-order valence-electron chi connectivity index (χ0n) is 17.3. The number of hydrogen-bond acceptors (Lipinski definition) is 4. The molecule has 0 aromatic heterocycles. The van der Waals surface area contributed by atoms with Crippen molar-refractivity contribution in [1.82, 2.24) is 10.6 Å². The summed E-state index contributed by atoms with van der Waals surface area (Å²) in [7, 11) is 0. The maximum atomic E-state index is 13.2. The highest BCUT2D eigenvalue weighted by Gasteiger charge is 2.16. The third kappa shape index (κ3) is 8.72. The molecular formula is C22H26FN3O4. The number of halogens is 1. The van der Waals surface area contributed by atoms with Crippen LogP contribution in [-0.2, 0) is 27.3 Å². The molecule has 3 N–H and O–H groups in total. The largest absolute Gasteiger partial charge is 0.444 e. The third-order valence-corrected chi connectivity index (χ3v) is 3.75. The number of rotatable bonds is 7. The fourth-order valence-corrected chi connectivity index (χ4v) is 2.53. The molecule has 0 atom stereocenters. The number of ether oxygens (including phenoxy) is 1. The van der Waals surface area contributed by atoms with Crippen LogP contribution in [0, 0.1) is 5.82 Å². The normalized spacial score (nSPS) is 10.8. The second-order valence-corrected chi connectivity index (χ2v) is 7.69. The predicted molar refractivity (Wildman–Crippen MR) is 111 cm³/mol. The van der Waals surface area contributed by atoms with Gasteiger partial charge in [-0.3, -0.25) is 9.59 Å². The summed E-state index contributed by atoms with van der Waals surface area (Å²) in [5.41, 5.74) is 1.25. The average Bonchev–Trinajstić information content (AvgIpc) is 2.64. The van der Waals surface area contributed by atoms with Crippen LogP contribution in [-0.4, -0.2) is 30.1 Å². The molecule has 2 rings (SSSR count). The Bertz CT molecular complexity index is 909. The molecule has 7 nitrogen and oxygen atoms in total. The summed E-state index contributed by atoms with van der Waals surface area (Å²) in [6.45, 7) is 5.22. The molecule has 0 saturated carbocycles. The highest BCUT2D eigenvalue weighted by molar-refractivity contribution is 5.93. The summed E-state index contributed by atoms with van der Waals surface area (Å²) in [5, 5.41) is 7.82. The fraction of sp³-hybridized carbons (Fsp3) is 0.318. The van der Waals surface area contributed by atoms with Crippen molar-refractivity contribution in [3.8, 4) is 0 Å². The lowest BCUT2D eigenvalue weighted by Gasteiger charge is -2.19. The number of alkyl carbamates (subject to hydrolysis) is 1. The SMILES string of the molecule is CC(C)(C)OC(=O)NCC(=O)Nc1cccc(CNC(=O)Cc2cccc(F)c2)c1. The molecule has 0 bridgehead atoms. The van der Waals surface area contributed by atoms with E-state index in [0.29, 0.717) is 11.3 Å². The maximum Gasteiger partial charge on any atom is 0.408 e. The van der Waals surface area contributed by atoms with E-state index in [1.807, 2.05) is 0 Å². The van der Waals surface area contributed by atoms with Gasteiger partial charge in [-0.1, -0.05) is 24.3 Å². The van der Waals surface area contributed by atoms with Crippen molar-refractivity contribution < 1.29 is 23.5 Å². The zero-order chi connectivity index (χ0) is 22.1. The smallest absolute Gasteiger partial charge is 0.408 e. The molecule has 0 heterocycles. The van der Waals surface area contributed by atoms with Crippen LogP contribution >= 0.6 is 0 Å². The Kier molecular flexibility index (Phi) is 7.91. The monoisotopic (exact) mass is 415 g/mol. The number of carbonyl (C=O) groups is 3. The summed E-state index contributed by atoms with van der Waals surface area (Å²) in [6.07, 6.45) is -0.600. The molecular weight excluding hydrogens is 389 g/mol. The van der Waals surface area contributed by atoms with E-state index in [1.54, 1.807) is 57.2 Å². The first-order valence-electron chi connectivity index (χ1n) is 9.47. The van der Waals surface area contributed by atoms with Crippen LogP contribution < -0.4 is 16.0 Å². The molecule has 0 radical (unpaired) electrons. The summed E-state index contributed by atoms with van der Waals surface area (Å²) < 4.78 is 18.3. The Morgan fingerprint density at radius 1 is 0.933 bits per heavy atom. The van der Waals surface area contributed by atoms with Gasteiger partial charge in [-0.05, 0) is 56.2 Å². The van der Waals surface area contributed by atoms with E-state index in [4.69, 9.17) is 4.74 Å². The maximum absolute atomic E-state index is 13.2. The van der Waals surface area contributed by atoms with E-state index in [9.17, 15) is 18.8 Å². The molecule has 0 saturated heterocycles. The Morgan fingerprint density at radius 3 is 2.33 bits per heavy atom. The van der Waals surface area contributed by atoms with Crippen molar-refractivity contribution in [3.63, 3.8) is 0 Å². The Hall–Kier alpha value is -3.42. The molecule has 30 heavy (non-hydrogen) atoms. The van der Waals surface area contributed by atoms with Crippen LogP contribution in [0.5, 0.6) is 0 Å². The molecule has 160 valence electrons. The number of amides is 3. The van der Waals surface area contributed by atoms with E-state index < -0.39 is 17.6 Å². The van der Waals surface area contributed by atoms with E-state index in [1.165, 1.54) is 12.1 Å². The average molecular weight is 415 g/mol. The molecule has 0 spiro atoms. The van der Waals surface area contributed by atoms with E-state index in [0.717, 1.165) is 5.56 Å². The van der Waals surface area contributed by atoms with Crippen molar-refractivity contribution in [1.29, 1.82) is 0 Å². The number of benzene rings is 2. The standard InChI is InChI=1S/C22H26FN3O4/c1-22(2,3)30-21(29)25-14-20(28)26-18-9-5-7-16(11-18)13-24-19(27)12-15-6-4-8-17(23)10-15/h4-11H,12-14H2,1-3H3,(H,24,27)(H,25,29)(H,26,28). The Morgan fingerprint density at radius 2 is 1.63 bits per heavy atom. The summed E-state index contributed by atoms with van der Waals surface area (Å²) in [6, 6.07) is 12.8. The van der Waals surface area contributed by atoms with Gasteiger partial charge >= 0.3 is 6.09 Å². The first-order valence-corrected chi connectivity index (χ1v) is 9.47. The second-order valence-electron chi connectivity index (χ2n) is 7.69. The molecule has 0 unspecified atom stereocenters. The lowest BCUT2D eigenvalue weighted by Crippen LogP contribution is -2.37. The second kappa shape index (κ2) is 10.4. The Balaban J connectivity index is 1.80. The van der Waals surface area contributed by atoms with Gasteiger partial charge in [-0.2, -0.15) is 0 Å². The minimum Gasteiger partial charge on any atom is -0.444 e. The molecule has 2 aromatic carbocycles. The van der Waals surface area contributed by atoms with Crippen LogP contribution in [0.4, 0.5) is 14.9 Å². The van der Waals surface area contributed by atoms with Crippen LogP contribution in [0.3, 0.4) is 0 Å². The molecule has 3 amide bonds. The van der Waals surface area contributed by atoms with Crippen LogP contribution in [0.2, 0.25) is 0 Å². The van der Waals surface area contributed by atoms with Gasteiger partial charge in [0.25, 0.3) is 0 Å². The van der Waals surface area contributed by atoms with Gasteiger partial charge in [0.1, 0.15) is 18.0 Å². The van der Waals surface area contributed by atoms with Gasteiger partial charge < -0.3 is 20.7 Å². The van der Waals surface area contributed by atoms with E-state index in [2.05, 4.69) is 16.0 Å². The van der Waals surface area contributed by atoms with Gasteiger partial charge in [0.2, 0.25) is 11.8 Å². The number of hydrogen-bond donors (Lipinski definition) is 3. The predicted octanol–water partition coefficient (Wildman–Crippen LogP) is 3.15. The topological polar surface area (TPSA) is 96.5 Å². The van der Waals surface area contributed by atoms with Gasteiger partial charge in [-0.25, -0.2) is 9.18 Å². The lowest BCUT2D eigenvalue weighted by atomic mass is 10.1.